The molecule has 2 fully saturated rings. The largest absolute Gasteiger partial charge is 0.325 e. The van der Waals surface area contributed by atoms with Crippen molar-refractivity contribution in [2.24, 2.45) is 11.3 Å². The molecule has 3 heteroatoms. The molecule has 2 rings (SSSR count). The lowest BCUT2D eigenvalue weighted by atomic mass is 9.77. The van der Waals surface area contributed by atoms with E-state index in [9.17, 15) is 4.79 Å². The Morgan fingerprint density at radius 2 is 1.35 bits per heavy atom. The van der Waals surface area contributed by atoms with Crippen LogP contribution in [0.2, 0.25) is 0 Å². The van der Waals surface area contributed by atoms with E-state index in [2.05, 4.69) is 30.6 Å². The average Bonchev–Trinajstić information content (AvgIpc) is 2.80. The molecule has 0 aromatic rings. The van der Waals surface area contributed by atoms with Crippen LogP contribution in [0.5, 0.6) is 0 Å². The number of carbonyl (C=O) groups excluding carboxylic acids is 1. The van der Waals surface area contributed by atoms with E-state index in [1.54, 1.807) is 0 Å². The molecule has 2 aliphatic rings. The topological polar surface area (TPSA) is 23.6 Å². The maximum Gasteiger partial charge on any atom is 0.319 e. The predicted octanol–water partition coefficient (Wildman–Crippen LogP) is 4.13. The lowest BCUT2D eigenvalue weighted by Crippen LogP contribution is -2.44. The molecule has 3 nitrogen and oxygen atoms in total. The third-order valence-corrected chi connectivity index (χ3v) is 5.10. The standard InChI is InChI=1S/C17H32N2O/c1-17(2,3)15-9-8-13-19(14-10-15)16(20)18-11-6-4-5-7-12-18/h15H,4-14H2,1-3H3. The summed E-state index contributed by atoms with van der Waals surface area (Å²) >= 11 is 0. The lowest BCUT2D eigenvalue weighted by molar-refractivity contribution is 0.152. The van der Waals surface area contributed by atoms with Gasteiger partial charge in [0.25, 0.3) is 0 Å². The Morgan fingerprint density at radius 1 is 0.800 bits per heavy atom. The van der Waals surface area contributed by atoms with E-state index in [-0.39, 0.29) is 0 Å². The van der Waals surface area contributed by atoms with Gasteiger partial charge in [0, 0.05) is 26.2 Å². The molecule has 1 atom stereocenters. The highest BCUT2D eigenvalue weighted by Gasteiger charge is 2.29. The smallest absolute Gasteiger partial charge is 0.319 e. The Balaban J connectivity index is 1.90. The van der Waals surface area contributed by atoms with E-state index in [1.165, 1.54) is 44.9 Å². The van der Waals surface area contributed by atoms with Crippen LogP contribution in [-0.4, -0.2) is 42.0 Å². The van der Waals surface area contributed by atoms with Gasteiger partial charge >= 0.3 is 6.03 Å². The minimum Gasteiger partial charge on any atom is -0.325 e. The molecule has 2 saturated heterocycles. The first-order valence-electron chi connectivity index (χ1n) is 8.52. The van der Waals surface area contributed by atoms with Crippen molar-refractivity contribution in [3.05, 3.63) is 0 Å². The van der Waals surface area contributed by atoms with Gasteiger partial charge in [-0.25, -0.2) is 4.79 Å². The van der Waals surface area contributed by atoms with Crippen molar-refractivity contribution in [2.45, 2.75) is 65.7 Å². The highest BCUT2D eigenvalue weighted by molar-refractivity contribution is 5.74. The predicted molar refractivity (Wildman–Crippen MR) is 83.8 cm³/mol. The number of nitrogens with zero attached hydrogens (tertiary/aromatic N) is 2. The van der Waals surface area contributed by atoms with Crippen LogP contribution in [0.1, 0.15) is 65.7 Å². The van der Waals surface area contributed by atoms with E-state index < -0.39 is 0 Å². The fraction of sp³-hybridized carbons (Fsp3) is 0.941. The summed E-state index contributed by atoms with van der Waals surface area (Å²) in [5, 5.41) is 0. The van der Waals surface area contributed by atoms with Crippen molar-refractivity contribution in [1.29, 1.82) is 0 Å². The van der Waals surface area contributed by atoms with Gasteiger partial charge in [-0.05, 0) is 43.4 Å². The zero-order chi connectivity index (χ0) is 14.6. The van der Waals surface area contributed by atoms with Crippen molar-refractivity contribution >= 4 is 6.03 Å². The molecular weight excluding hydrogens is 248 g/mol. The normalized spacial score (nSPS) is 26.1. The molecular formula is C17H32N2O. The highest BCUT2D eigenvalue weighted by Crippen LogP contribution is 2.34. The summed E-state index contributed by atoms with van der Waals surface area (Å²) in [5.74, 6) is 0.754. The van der Waals surface area contributed by atoms with Gasteiger partial charge in [0.1, 0.15) is 0 Å². The lowest BCUT2D eigenvalue weighted by Gasteiger charge is -2.31. The molecule has 0 saturated carbocycles. The molecule has 116 valence electrons. The monoisotopic (exact) mass is 280 g/mol. The number of urea groups is 1. The fourth-order valence-electron chi connectivity index (χ4n) is 3.62. The third-order valence-electron chi connectivity index (χ3n) is 5.10. The summed E-state index contributed by atoms with van der Waals surface area (Å²) in [6, 6.07) is 0.307. The Hall–Kier alpha value is -0.730. The highest BCUT2D eigenvalue weighted by atomic mass is 16.2. The maximum atomic E-state index is 12.7. The second-order valence-corrected chi connectivity index (χ2v) is 7.66. The number of amides is 2. The molecule has 0 radical (unpaired) electrons. The molecule has 0 aromatic carbocycles. The van der Waals surface area contributed by atoms with E-state index in [0.29, 0.717) is 11.4 Å². The SMILES string of the molecule is CC(C)(C)C1CCCN(C(=O)N2CCCCCC2)CC1. The Kier molecular flexibility index (Phi) is 5.34. The second-order valence-electron chi connectivity index (χ2n) is 7.66. The summed E-state index contributed by atoms with van der Waals surface area (Å²) in [6.45, 7) is 10.9. The van der Waals surface area contributed by atoms with Crippen LogP contribution in [0.4, 0.5) is 4.79 Å². The zero-order valence-corrected chi connectivity index (χ0v) is 13.7. The van der Waals surface area contributed by atoms with E-state index in [0.717, 1.165) is 32.1 Å². The number of hydrogen-bond donors (Lipinski definition) is 0. The molecule has 2 aliphatic heterocycles. The van der Waals surface area contributed by atoms with Gasteiger partial charge in [-0.1, -0.05) is 33.6 Å². The van der Waals surface area contributed by atoms with Crippen molar-refractivity contribution in [3.8, 4) is 0 Å². The summed E-state index contributed by atoms with van der Waals surface area (Å²) in [5.41, 5.74) is 0.377. The van der Waals surface area contributed by atoms with Gasteiger partial charge in [0.15, 0.2) is 0 Å². The first-order valence-corrected chi connectivity index (χ1v) is 8.52. The minimum atomic E-state index is 0.307. The Labute approximate surface area is 124 Å². The van der Waals surface area contributed by atoms with Gasteiger partial charge < -0.3 is 9.80 Å². The maximum absolute atomic E-state index is 12.7. The molecule has 0 aliphatic carbocycles. The van der Waals surface area contributed by atoms with Crippen LogP contribution in [0.3, 0.4) is 0 Å². The van der Waals surface area contributed by atoms with Gasteiger partial charge in [-0.2, -0.15) is 0 Å². The van der Waals surface area contributed by atoms with Gasteiger partial charge in [0.2, 0.25) is 0 Å². The van der Waals surface area contributed by atoms with E-state index >= 15 is 0 Å². The molecule has 0 bridgehead atoms. The first-order chi connectivity index (χ1) is 9.48. The quantitative estimate of drug-likeness (QED) is 0.654. The van der Waals surface area contributed by atoms with Gasteiger partial charge in [-0.3, -0.25) is 0 Å². The summed E-state index contributed by atoms with van der Waals surface area (Å²) in [7, 11) is 0. The fourth-order valence-corrected chi connectivity index (χ4v) is 3.62. The third kappa shape index (κ3) is 4.13. The van der Waals surface area contributed by atoms with Crippen molar-refractivity contribution in [2.75, 3.05) is 26.2 Å². The molecule has 2 heterocycles. The van der Waals surface area contributed by atoms with E-state index in [1.807, 2.05) is 0 Å². The zero-order valence-electron chi connectivity index (χ0n) is 13.7. The van der Waals surface area contributed by atoms with Crippen molar-refractivity contribution in [1.82, 2.24) is 9.80 Å². The van der Waals surface area contributed by atoms with Crippen LogP contribution in [-0.2, 0) is 0 Å². The summed E-state index contributed by atoms with van der Waals surface area (Å²) in [4.78, 5) is 16.9. The number of rotatable bonds is 0. The average molecular weight is 280 g/mol. The summed E-state index contributed by atoms with van der Waals surface area (Å²) in [6.07, 6.45) is 8.55. The van der Waals surface area contributed by atoms with Crippen molar-refractivity contribution < 1.29 is 4.79 Å². The van der Waals surface area contributed by atoms with Crippen molar-refractivity contribution in [3.63, 3.8) is 0 Å². The van der Waals surface area contributed by atoms with Crippen LogP contribution in [0.25, 0.3) is 0 Å². The minimum absolute atomic E-state index is 0.307. The molecule has 0 aromatic heterocycles. The molecule has 2 amide bonds. The van der Waals surface area contributed by atoms with Gasteiger partial charge in [-0.15, -0.1) is 0 Å². The molecule has 1 unspecified atom stereocenters. The number of likely N-dealkylation sites (tertiary alicyclic amines) is 2. The van der Waals surface area contributed by atoms with Gasteiger partial charge in [0.05, 0.1) is 0 Å². The molecule has 0 spiro atoms. The Morgan fingerprint density at radius 3 is 1.95 bits per heavy atom. The number of carbonyl (C=O) groups is 1. The first kappa shape index (κ1) is 15.7. The number of hydrogen-bond acceptors (Lipinski definition) is 1. The molecule has 0 N–H and O–H groups in total. The second kappa shape index (κ2) is 6.82. The van der Waals surface area contributed by atoms with Crippen LogP contribution >= 0.6 is 0 Å². The van der Waals surface area contributed by atoms with Crippen LogP contribution < -0.4 is 0 Å². The summed E-state index contributed by atoms with van der Waals surface area (Å²) < 4.78 is 0. The van der Waals surface area contributed by atoms with Crippen LogP contribution in [0.15, 0.2) is 0 Å². The Bertz CT molecular complexity index is 313. The van der Waals surface area contributed by atoms with E-state index in [4.69, 9.17) is 0 Å². The molecule has 20 heavy (non-hydrogen) atoms. The van der Waals surface area contributed by atoms with Crippen LogP contribution in [0, 0.1) is 11.3 Å².